The summed E-state index contributed by atoms with van der Waals surface area (Å²) in [5, 5.41) is 2.93. The number of pyridine rings is 1. The largest absolute Gasteiger partial charge is 0.389 e. The van der Waals surface area contributed by atoms with E-state index >= 15 is 0 Å². The topological polar surface area (TPSA) is 77.2 Å². The van der Waals surface area contributed by atoms with Gasteiger partial charge >= 0.3 is 0 Å². The van der Waals surface area contributed by atoms with Crippen LogP contribution in [-0.2, 0) is 4.74 Å². The Labute approximate surface area is 124 Å². The van der Waals surface area contributed by atoms with Crippen LogP contribution < -0.4 is 11.1 Å². The molecule has 3 N–H and O–H groups in total. The average Bonchev–Trinajstić information content (AvgIpc) is 2.42. The predicted octanol–water partition coefficient (Wildman–Crippen LogP) is 1.51. The number of hydrogen-bond donors (Lipinski definition) is 2. The van der Waals surface area contributed by atoms with E-state index in [1.807, 2.05) is 20.8 Å². The van der Waals surface area contributed by atoms with Crippen LogP contribution in [0.4, 0.5) is 0 Å². The molecule has 0 radical (unpaired) electrons. The number of nitrogens with two attached hydrogens (primary N) is 1. The highest BCUT2D eigenvalue weighted by Gasteiger charge is 2.18. The van der Waals surface area contributed by atoms with Crippen molar-refractivity contribution in [2.45, 2.75) is 26.8 Å². The van der Waals surface area contributed by atoms with Crippen molar-refractivity contribution in [2.24, 2.45) is 11.7 Å². The lowest BCUT2D eigenvalue weighted by atomic mass is 10.1. The molecular weight excluding hydrogens is 274 g/mol. The Morgan fingerprint density at radius 2 is 2.20 bits per heavy atom. The van der Waals surface area contributed by atoms with E-state index in [0.717, 1.165) is 0 Å². The normalized spacial score (nSPS) is 12.2. The molecule has 0 bridgehead atoms. The van der Waals surface area contributed by atoms with Crippen LogP contribution >= 0.6 is 12.2 Å². The molecule has 0 saturated heterocycles. The Bertz CT molecular complexity index is 460. The SMILES string of the molecule is CCOCC(NC(=O)c1ccc(C(N)=S)cn1)C(C)C. The summed E-state index contributed by atoms with van der Waals surface area (Å²) in [4.78, 5) is 16.4. The third-order valence-electron chi connectivity index (χ3n) is 2.90. The number of nitrogens with one attached hydrogen (secondary N) is 1. The molecule has 1 heterocycles. The van der Waals surface area contributed by atoms with Gasteiger partial charge in [-0.05, 0) is 25.0 Å². The fourth-order valence-corrected chi connectivity index (χ4v) is 1.68. The standard InChI is InChI=1S/C14H21N3O2S/c1-4-19-8-12(9(2)3)17-14(18)11-6-5-10(7-16-11)13(15)20/h5-7,9,12H,4,8H2,1-3H3,(H2,15,20)(H,17,18). The molecule has 1 unspecified atom stereocenters. The van der Waals surface area contributed by atoms with Crippen molar-refractivity contribution in [3.8, 4) is 0 Å². The van der Waals surface area contributed by atoms with Crippen LogP contribution in [0.3, 0.4) is 0 Å². The van der Waals surface area contributed by atoms with Crippen molar-refractivity contribution >= 4 is 23.1 Å². The summed E-state index contributed by atoms with van der Waals surface area (Å²) in [5.41, 5.74) is 6.47. The fraction of sp³-hybridized carbons (Fsp3) is 0.500. The van der Waals surface area contributed by atoms with Crippen molar-refractivity contribution in [1.29, 1.82) is 0 Å². The van der Waals surface area contributed by atoms with Crippen molar-refractivity contribution in [2.75, 3.05) is 13.2 Å². The first-order valence-electron chi connectivity index (χ1n) is 6.60. The Morgan fingerprint density at radius 1 is 1.50 bits per heavy atom. The van der Waals surface area contributed by atoms with E-state index in [1.165, 1.54) is 6.20 Å². The Hall–Kier alpha value is -1.53. The van der Waals surface area contributed by atoms with E-state index in [1.54, 1.807) is 12.1 Å². The fourth-order valence-electron chi connectivity index (χ4n) is 1.56. The average molecular weight is 295 g/mol. The molecule has 1 atom stereocenters. The molecular formula is C14H21N3O2S. The maximum Gasteiger partial charge on any atom is 0.270 e. The predicted molar refractivity (Wildman–Crippen MR) is 82.7 cm³/mol. The van der Waals surface area contributed by atoms with Gasteiger partial charge in [0.1, 0.15) is 10.7 Å². The molecule has 0 fully saturated rings. The minimum Gasteiger partial charge on any atom is -0.389 e. The molecule has 1 amide bonds. The first kappa shape index (κ1) is 16.5. The lowest BCUT2D eigenvalue weighted by molar-refractivity contribution is 0.0802. The smallest absolute Gasteiger partial charge is 0.270 e. The lowest BCUT2D eigenvalue weighted by Crippen LogP contribution is -2.42. The quantitative estimate of drug-likeness (QED) is 0.746. The molecule has 5 nitrogen and oxygen atoms in total. The zero-order chi connectivity index (χ0) is 15.1. The van der Waals surface area contributed by atoms with Gasteiger partial charge in [-0.25, -0.2) is 0 Å². The Balaban J connectivity index is 2.70. The Morgan fingerprint density at radius 3 is 2.65 bits per heavy atom. The van der Waals surface area contributed by atoms with Gasteiger partial charge in [0.2, 0.25) is 0 Å². The second-order valence-electron chi connectivity index (χ2n) is 4.78. The van der Waals surface area contributed by atoms with E-state index in [-0.39, 0.29) is 22.9 Å². The highest BCUT2D eigenvalue weighted by atomic mass is 32.1. The number of nitrogens with zero attached hydrogens (tertiary/aromatic N) is 1. The van der Waals surface area contributed by atoms with Gasteiger partial charge in [0.05, 0.1) is 12.6 Å². The summed E-state index contributed by atoms with van der Waals surface area (Å²) in [5.74, 6) is 0.0549. The molecule has 0 aliphatic carbocycles. The third-order valence-corrected chi connectivity index (χ3v) is 3.14. The third kappa shape index (κ3) is 4.86. The van der Waals surface area contributed by atoms with Gasteiger partial charge in [0, 0.05) is 18.4 Å². The summed E-state index contributed by atoms with van der Waals surface area (Å²) in [7, 11) is 0. The van der Waals surface area contributed by atoms with E-state index < -0.39 is 0 Å². The molecule has 0 spiro atoms. The zero-order valence-electron chi connectivity index (χ0n) is 12.1. The van der Waals surface area contributed by atoms with Crippen LogP contribution in [0.2, 0.25) is 0 Å². The molecule has 0 saturated carbocycles. The molecule has 20 heavy (non-hydrogen) atoms. The van der Waals surface area contributed by atoms with Gasteiger partial charge < -0.3 is 15.8 Å². The molecule has 1 rings (SSSR count). The summed E-state index contributed by atoms with van der Waals surface area (Å²) in [6.45, 7) is 7.11. The maximum atomic E-state index is 12.1. The number of carbonyl (C=O) groups excluding carboxylic acids is 1. The van der Waals surface area contributed by atoms with Crippen molar-refractivity contribution in [3.05, 3.63) is 29.6 Å². The number of carbonyl (C=O) groups is 1. The van der Waals surface area contributed by atoms with Crippen molar-refractivity contribution < 1.29 is 9.53 Å². The molecule has 0 aliphatic rings. The van der Waals surface area contributed by atoms with Crippen molar-refractivity contribution in [1.82, 2.24) is 10.3 Å². The molecule has 1 aromatic rings. The summed E-state index contributed by atoms with van der Waals surface area (Å²) >= 11 is 4.84. The zero-order valence-corrected chi connectivity index (χ0v) is 12.9. The number of rotatable bonds is 7. The van der Waals surface area contributed by atoms with Gasteiger partial charge in [-0.15, -0.1) is 0 Å². The lowest BCUT2D eigenvalue weighted by Gasteiger charge is -2.21. The van der Waals surface area contributed by atoms with Crippen LogP contribution in [-0.4, -0.2) is 35.1 Å². The minimum absolute atomic E-state index is 0.0421. The van der Waals surface area contributed by atoms with Gasteiger partial charge in [0.15, 0.2) is 0 Å². The van der Waals surface area contributed by atoms with E-state index in [2.05, 4.69) is 10.3 Å². The van der Waals surface area contributed by atoms with Gasteiger partial charge in [-0.2, -0.15) is 0 Å². The van der Waals surface area contributed by atoms with Gasteiger partial charge in [-0.3, -0.25) is 9.78 Å². The molecule has 0 aromatic carbocycles. The number of thiocarbonyl (C=S) groups is 1. The minimum atomic E-state index is -0.224. The first-order chi connectivity index (χ1) is 9.45. The molecule has 6 heteroatoms. The van der Waals surface area contributed by atoms with Gasteiger partial charge in [0.25, 0.3) is 5.91 Å². The Kier molecular flexibility index (Phi) is 6.54. The van der Waals surface area contributed by atoms with Gasteiger partial charge in [-0.1, -0.05) is 26.1 Å². The summed E-state index contributed by atoms with van der Waals surface area (Å²) in [6, 6.07) is 3.26. The summed E-state index contributed by atoms with van der Waals surface area (Å²) < 4.78 is 5.38. The van der Waals surface area contributed by atoms with Crippen LogP contribution in [0.1, 0.15) is 36.8 Å². The van der Waals surface area contributed by atoms with E-state index in [9.17, 15) is 4.79 Å². The second kappa shape index (κ2) is 7.91. The molecule has 0 aliphatic heterocycles. The van der Waals surface area contributed by atoms with Crippen molar-refractivity contribution in [3.63, 3.8) is 0 Å². The monoisotopic (exact) mass is 295 g/mol. The van der Waals surface area contributed by atoms with E-state index in [0.29, 0.717) is 24.5 Å². The van der Waals surface area contributed by atoms with Crippen LogP contribution in [0.15, 0.2) is 18.3 Å². The molecule has 110 valence electrons. The van der Waals surface area contributed by atoms with Crippen LogP contribution in [0.5, 0.6) is 0 Å². The number of ether oxygens (including phenoxy) is 1. The van der Waals surface area contributed by atoms with Crippen LogP contribution in [0, 0.1) is 5.92 Å². The number of amides is 1. The second-order valence-corrected chi connectivity index (χ2v) is 5.22. The first-order valence-corrected chi connectivity index (χ1v) is 7.01. The van der Waals surface area contributed by atoms with Crippen LogP contribution in [0.25, 0.3) is 0 Å². The summed E-state index contributed by atoms with van der Waals surface area (Å²) in [6.07, 6.45) is 1.50. The maximum absolute atomic E-state index is 12.1. The number of hydrogen-bond acceptors (Lipinski definition) is 4. The highest BCUT2D eigenvalue weighted by molar-refractivity contribution is 7.80. The van der Waals surface area contributed by atoms with E-state index in [4.69, 9.17) is 22.7 Å². The highest BCUT2D eigenvalue weighted by Crippen LogP contribution is 2.05. The molecule has 1 aromatic heterocycles. The number of aromatic nitrogens is 1.